The van der Waals surface area contributed by atoms with E-state index < -0.39 is 0 Å². The third-order valence-electron chi connectivity index (χ3n) is 1.58. The number of hydrogen-bond donors (Lipinski definition) is 1. The lowest BCUT2D eigenvalue weighted by Gasteiger charge is -1.91. The number of nitrogens with one attached hydrogen (secondary N) is 1. The third-order valence-corrected chi connectivity index (χ3v) is 1.58. The van der Waals surface area contributed by atoms with Crippen LogP contribution in [0.4, 0.5) is 0 Å². The van der Waals surface area contributed by atoms with Crippen molar-refractivity contribution in [3.8, 4) is 0 Å². The smallest absolute Gasteiger partial charge is 0.235 e. The van der Waals surface area contributed by atoms with Crippen LogP contribution >= 0.6 is 0 Å². The molecule has 58 valence electrons. The summed E-state index contributed by atoms with van der Waals surface area (Å²) in [5.74, 6) is 0. The Bertz CT molecular complexity index is 277. The fourth-order valence-electron chi connectivity index (χ4n) is 0.918. The molecule has 11 heavy (non-hydrogen) atoms. The lowest BCUT2D eigenvalue weighted by molar-refractivity contribution is 0.562. The van der Waals surface area contributed by atoms with Gasteiger partial charge in [-0.05, 0) is 13.8 Å². The van der Waals surface area contributed by atoms with E-state index in [0.29, 0.717) is 6.54 Å². The van der Waals surface area contributed by atoms with Crippen molar-refractivity contribution in [2.24, 2.45) is 4.99 Å². The fourth-order valence-corrected chi connectivity index (χ4v) is 0.918. The number of hydrogen-bond acceptors (Lipinski definition) is 3. The molecule has 1 aromatic rings. The van der Waals surface area contributed by atoms with Crippen LogP contribution in [0.1, 0.15) is 17.0 Å². The Morgan fingerprint density at radius 2 is 2.36 bits per heavy atom. The van der Waals surface area contributed by atoms with Gasteiger partial charge in [-0.1, -0.05) is 0 Å². The summed E-state index contributed by atoms with van der Waals surface area (Å²) in [6.07, 6.45) is 1.49. The highest BCUT2D eigenvalue weighted by Gasteiger charge is 2.03. The van der Waals surface area contributed by atoms with Crippen LogP contribution in [0.15, 0.2) is 4.99 Å². The summed E-state index contributed by atoms with van der Waals surface area (Å²) < 4.78 is 0. The average Bonchev–Trinajstić information content (AvgIpc) is 2.29. The molecule has 0 unspecified atom stereocenters. The molecule has 0 aromatic carbocycles. The van der Waals surface area contributed by atoms with Gasteiger partial charge in [-0.15, -0.1) is 0 Å². The molecule has 1 aromatic heterocycles. The zero-order chi connectivity index (χ0) is 8.27. The van der Waals surface area contributed by atoms with E-state index in [4.69, 9.17) is 0 Å². The van der Waals surface area contributed by atoms with Crippen LogP contribution in [0, 0.1) is 13.8 Å². The molecule has 4 nitrogen and oxygen atoms in total. The van der Waals surface area contributed by atoms with Gasteiger partial charge in [0, 0.05) is 11.3 Å². The van der Waals surface area contributed by atoms with Crippen molar-refractivity contribution in [1.82, 2.24) is 10.2 Å². The minimum Gasteiger partial charge on any atom is -0.282 e. The minimum absolute atomic E-state index is 0.373. The average molecular weight is 151 g/mol. The van der Waals surface area contributed by atoms with Crippen molar-refractivity contribution < 1.29 is 4.79 Å². The second-order valence-electron chi connectivity index (χ2n) is 2.32. The lowest BCUT2D eigenvalue weighted by atomic mass is 10.2. The highest BCUT2D eigenvalue weighted by molar-refractivity contribution is 5.34. The van der Waals surface area contributed by atoms with Crippen LogP contribution < -0.4 is 0 Å². The molecule has 0 radical (unpaired) electrons. The van der Waals surface area contributed by atoms with Crippen LogP contribution in [-0.4, -0.2) is 16.3 Å². The van der Waals surface area contributed by atoms with Gasteiger partial charge < -0.3 is 0 Å². The van der Waals surface area contributed by atoms with Crippen LogP contribution in [-0.2, 0) is 11.3 Å². The molecule has 0 fully saturated rings. The highest BCUT2D eigenvalue weighted by Crippen LogP contribution is 2.09. The zero-order valence-corrected chi connectivity index (χ0v) is 6.51. The maximum Gasteiger partial charge on any atom is 0.235 e. The van der Waals surface area contributed by atoms with Crippen LogP contribution in [0.25, 0.3) is 0 Å². The molecule has 0 atom stereocenters. The number of carbonyl (C=O) groups excluding carboxylic acids is 1. The summed E-state index contributed by atoms with van der Waals surface area (Å²) in [5.41, 5.74) is 2.83. The van der Waals surface area contributed by atoms with Gasteiger partial charge in [0.1, 0.15) is 0 Å². The van der Waals surface area contributed by atoms with Gasteiger partial charge in [-0.3, -0.25) is 5.10 Å². The molecule has 0 aliphatic heterocycles. The first-order chi connectivity index (χ1) is 5.25. The molecule has 0 amide bonds. The third kappa shape index (κ3) is 1.53. The number of aromatic amines is 1. The first-order valence-electron chi connectivity index (χ1n) is 3.29. The Hall–Kier alpha value is -1.41. The van der Waals surface area contributed by atoms with Gasteiger partial charge in [0.05, 0.1) is 12.2 Å². The number of nitrogens with zero attached hydrogens (tertiary/aromatic N) is 2. The van der Waals surface area contributed by atoms with E-state index in [1.165, 1.54) is 6.08 Å². The van der Waals surface area contributed by atoms with Gasteiger partial charge in [0.15, 0.2) is 0 Å². The van der Waals surface area contributed by atoms with Gasteiger partial charge in [-0.2, -0.15) is 5.10 Å². The molecule has 0 aliphatic carbocycles. The van der Waals surface area contributed by atoms with Crippen LogP contribution in [0.3, 0.4) is 0 Å². The van der Waals surface area contributed by atoms with Gasteiger partial charge in [0.25, 0.3) is 0 Å². The number of aryl methyl sites for hydroxylation is 2. The Balaban J connectivity index is 2.91. The predicted molar refractivity (Wildman–Crippen MR) is 39.9 cm³/mol. The number of rotatable bonds is 2. The lowest BCUT2D eigenvalue weighted by Crippen LogP contribution is -1.84. The molecule has 0 saturated carbocycles. The quantitative estimate of drug-likeness (QED) is 0.503. The van der Waals surface area contributed by atoms with Crippen LogP contribution in [0.5, 0.6) is 0 Å². The number of aromatic nitrogens is 2. The summed E-state index contributed by atoms with van der Waals surface area (Å²) in [7, 11) is 0. The predicted octanol–water partition coefficient (Wildman–Crippen LogP) is 0.862. The van der Waals surface area contributed by atoms with E-state index >= 15 is 0 Å². The number of isocyanates is 1. The molecule has 4 heteroatoms. The summed E-state index contributed by atoms with van der Waals surface area (Å²) in [5, 5.41) is 6.76. The monoisotopic (exact) mass is 151 g/mol. The second-order valence-corrected chi connectivity index (χ2v) is 2.32. The summed E-state index contributed by atoms with van der Waals surface area (Å²) in [4.78, 5) is 13.3. The Kier molecular flexibility index (Phi) is 2.18. The standard InChI is InChI=1S/C7H9N3O/c1-5-7(3-8-4-11)6(2)10-9-5/h3H2,1-2H3,(H,9,10). The summed E-state index contributed by atoms with van der Waals surface area (Å²) in [6.45, 7) is 4.15. The SMILES string of the molecule is Cc1n[nH]c(C)c1CN=C=O. The van der Waals surface area contributed by atoms with Crippen molar-refractivity contribution in [3.05, 3.63) is 17.0 Å². The van der Waals surface area contributed by atoms with E-state index in [-0.39, 0.29) is 0 Å². The summed E-state index contributed by atoms with van der Waals surface area (Å²) in [6, 6.07) is 0. The molecule has 1 rings (SSSR count). The molecule has 1 N–H and O–H groups in total. The van der Waals surface area contributed by atoms with E-state index in [2.05, 4.69) is 15.2 Å². The highest BCUT2D eigenvalue weighted by atomic mass is 16.1. The van der Waals surface area contributed by atoms with Crippen molar-refractivity contribution >= 4 is 6.08 Å². The molecule has 0 bridgehead atoms. The molecular weight excluding hydrogens is 142 g/mol. The normalized spacial score (nSPS) is 9.27. The van der Waals surface area contributed by atoms with E-state index in [1.54, 1.807) is 0 Å². The molecule has 1 heterocycles. The second kappa shape index (κ2) is 3.12. The Morgan fingerprint density at radius 3 is 2.82 bits per heavy atom. The number of aliphatic imine (C=N–C) groups is 1. The minimum atomic E-state index is 0.373. The Morgan fingerprint density at radius 1 is 1.64 bits per heavy atom. The van der Waals surface area contributed by atoms with Crippen molar-refractivity contribution in [1.29, 1.82) is 0 Å². The van der Waals surface area contributed by atoms with Crippen molar-refractivity contribution in [3.63, 3.8) is 0 Å². The molecule has 0 aliphatic rings. The van der Waals surface area contributed by atoms with E-state index in [1.807, 2.05) is 13.8 Å². The zero-order valence-electron chi connectivity index (χ0n) is 6.51. The molecule has 0 spiro atoms. The largest absolute Gasteiger partial charge is 0.282 e. The fraction of sp³-hybridized carbons (Fsp3) is 0.429. The first kappa shape index (κ1) is 7.69. The van der Waals surface area contributed by atoms with Crippen LogP contribution in [0.2, 0.25) is 0 Å². The molecular formula is C7H9N3O. The van der Waals surface area contributed by atoms with Crippen molar-refractivity contribution in [2.75, 3.05) is 0 Å². The van der Waals surface area contributed by atoms with Crippen molar-refractivity contribution in [2.45, 2.75) is 20.4 Å². The van der Waals surface area contributed by atoms with Gasteiger partial charge >= 0.3 is 0 Å². The van der Waals surface area contributed by atoms with E-state index in [0.717, 1.165) is 17.0 Å². The van der Waals surface area contributed by atoms with Gasteiger partial charge in [0.2, 0.25) is 6.08 Å². The summed E-state index contributed by atoms with van der Waals surface area (Å²) >= 11 is 0. The van der Waals surface area contributed by atoms with Gasteiger partial charge in [-0.25, -0.2) is 9.79 Å². The van der Waals surface area contributed by atoms with E-state index in [9.17, 15) is 4.79 Å². The molecule has 0 saturated heterocycles. The Labute approximate surface area is 64.3 Å². The number of H-pyrrole nitrogens is 1. The first-order valence-corrected chi connectivity index (χ1v) is 3.29. The maximum atomic E-state index is 9.80. The maximum absolute atomic E-state index is 9.80. The topological polar surface area (TPSA) is 58.1 Å².